The predicted molar refractivity (Wildman–Crippen MR) is 129 cm³/mol. The second-order valence-electron chi connectivity index (χ2n) is 8.39. The number of nitrogens with one attached hydrogen (secondary N) is 2. The Balaban J connectivity index is 1.26. The van der Waals surface area contributed by atoms with Crippen LogP contribution in [0.15, 0.2) is 30.3 Å². The van der Waals surface area contributed by atoms with Crippen LogP contribution in [0.3, 0.4) is 0 Å². The summed E-state index contributed by atoms with van der Waals surface area (Å²) in [5.41, 5.74) is 9.96. The van der Waals surface area contributed by atoms with E-state index in [1.54, 1.807) is 7.11 Å². The van der Waals surface area contributed by atoms with E-state index in [2.05, 4.69) is 48.8 Å². The normalized spacial score (nSPS) is 18.3. The van der Waals surface area contributed by atoms with Crippen LogP contribution in [-0.4, -0.2) is 87.7 Å². The maximum atomic E-state index is 5.98. The molecule has 0 atom stereocenters. The molecule has 0 spiro atoms. The highest BCUT2D eigenvalue weighted by Gasteiger charge is 2.18. The van der Waals surface area contributed by atoms with Gasteiger partial charge in [-0.1, -0.05) is 6.08 Å². The number of fused-ring (bicyclic) bond motifs is 1. The van der Waals surface area contributed by atoms with Crippen LogP contribution < -0.4 is 25.2 Å². The highest BCUT2D eigenvalue weighted by molar-refractivity contribution is 5.73. The van der Waals surface area contributed by atoms with E-state index in [1.165, 1.54) is 5.56 Å². The van der Waals surface area contributed by atoms with Crippen molar-refractivity contribution in [2.45, 2.75) is 6.42 Å². The monoisotopic (exact) mass is 468 g/mol. The summed E-state index contributed by atoms with van der Waals surface area (Å²) in [6.07, 6.45) is 3.01. The number of hydrogen-bond acceptors (Lipinski definition) is 10. The fraction of sp³-hybridized carbons (Fsp3) is 0.500. The third-order valence-corrected chi connectivity index (χ3v) is 6.22. The van der Waals surface area contributed by atoms with Crippen LogP contribution in [0.1, 0.15) is 11.1 Å². The van der Waals surface area contributed by atoms with E-state index in [0.717, 1.165) is 75.2 Å². The number of anilines is 2. The molecule has 0 amide bonds. The smallest absolute Gasteiger partial charge is 0.320 e. The molecule has 2 aliphatic heterocycles. The molecular formula is C24H32N6O4. The molecule has 3 aliphatic rings. The van der Waals surface area contributed by atoms with Crippen molar-refractivity contribution in [3.63, 3.8) is 0 Å². The van der Waals surface area contributed by atoms with Crippen molar-refractivity contribution in [2.75, 3.05) is 83.2 Å². The standard InChI is InChI=1S/C24H32N6O4/c1-31-19-3-4-20-18(16-19)2-5-21(20)27-28-22-17-23(30-9-13-33-14-10-30)26-24(25-22)34-15-8-29-6-11-32-12-7-29/h3-5,16-17,27H,2,6-15H2,1H3,(H,25,26,28). The summed E-state index contributed by atoms with van der Waals surface area (Å²) in [6.45, 7) is 7.70. The van der Waals surface area contributed by atoms with Crippen molar-refractivity contribution < 1.29 is 18.9 Å². The Bertz CT molecular complexity index is 1000. The predicted octanol–water partition coefficient (Wildman–Crippen LogP) is 1.55. The molecule has 2 fully saturated rings. The average Bonchev–Trinajstić information content (AvgIpc) is 3.30. The molecule has 0 unspecified atom stereocenters. The first-order chi connectivity index (χ1) is 16.8. The molecule has 5 rings (SSSR count). The molecule has 3 heterocycles. The number of hydrazine groups is 1. The van der Waals surface area contributed by atoms with Gasteiger partial charge < -0.3 is 23.8 Å². The quantitative estimate of drug-likeness (QED) is 0.528. The molecule has 2 N–H and O–H groups in total. The van der Waals surface area contributed by atoms with Gasteiger partial charge in [-0.3, -0.25) is 15.8 Å². The van der Waals surface area contributed by atoms with Crippen LogP contribution in [-0.2, 0) is 15.9 Å². The molecule has 34 heavy (non-hydrogen) atoms. The van der Waals surface area contributed by atoms with Crippen molar-refractivity contribution in [1.82, 2.24) is 20.3 Å². The van der Waals surface area contributed by atoms with Crippen LogP contribution in [0.25, 0.3) is 5.70 Å². The van der Waals surface area contributed by atoms with Crippen LogP contribution >= 0.6 is 0 Å². The summed E-state index contributed by atoms with van der Waals surface area (Å²) >= 11 is 0. The Labute approximate surface area is 199 Å². The number of benzene rings is 1. The summed E-state index contributed by atoms with van der Waals surface area (Å²) in [7, 11) is 1.69. The van der Waals surface area contributed by atoms with Gasteiger partial charge in [-0.25, -0.2) is 0 Å². The van der Waals surface area contributed by atoms with E-state index < -0.39 is 0 Å². The van der Waals surface area contributed by atoms with E-state index in [0.29, 0.717) is 31.6 Å². The molecule has 0 radical (unpaired) electrons. The van der Waals surface area contributed by atoms with Crippen LogP contribution in [0.5, 0.6) is 11.8 Å². The van der Waals surface area contributed by atoms with Gasteiger partial charge >= 0.3 is 6.01 Å². The number of nitrogens with zero attached hydrogens (tertiary/aromatic N) is 4. The van der Waals surface area contributed by atoms with Crippen molar-refractivity contribution in [3.8, 4) is 11.8 Å². The van der Waals surface area contributed by atoms with Crippen molar-refractivity contribution in [3.05, 3.63) is 41.5 Å². The Morgan fingerprint density at radius 2 is 1.76 bits per heavy atom. The minimum atomic E-state index is 0.368. The first-order valence-corrected chi connectivity index (χ1v) is 11.8. The number of hydrogen-bond donors (Lipinski definition) is 2. The average molecular weight is 469 g/mol. The Hall–Kier alpha value is -3.08. The van der Waals surface area contributed by atoms with E-state index >= 15 is 0 Å². The highest BCUT2D eigenvalue weighted by Crippen LogP contribution is 2.29. The van der Waals surface area contributed by atoms with E-state index in [4.69, 9.17) is 18.9 Å². The minimum Gasteiger partial charge on any atom is -0.497 e. The molecule has 0 bridgehead atoms. The van der Waals surface area contributed by atoms with Crippen molar-refractivity contribution >= 4 is 17.3 Å². The molecule has 2 aromatic rings. The van der Waals surface area contributed by atoms with Crippen LogP contribution in [0.2, 0.25) is 0 Å². The summed E-state index contributed by atoms with van der Waals surface area (Å²) in [5, 5.41) is 0. The maximum absolute atomic E-state index is 5.98. The van der Waals surface area contributed by atoms with Gasteiger partial charge in [-0.05, 0) is 30.2 Å². The number of ether oxygens (including phenoxy) is 4. The number of morpholine rings is 2. The molecule has 1 aliphatic carbocycles. The number of methoxy groups -OCH3 is 1. The summed E-state index contributed by atoms with van der Waals surface area (Å²) in [6, 6.07) is 8.43. The lowest BCUT2D eigenvalue weighted by Gasteiger charge is -2.28. The van der Waals surface area contributed by atoms with Gasteiger partial charge in [0.15, 0.2) is 5.82 Å². The first kappa shape index (κ1) is 22.7. The summed E-state index contributed by atoms with van der Waals surface area (Å²) in [5.74, 6) is 2.35. The zero-order valence-corrected chi connectivity index (χ0v) is 19.6. The summed E-state index contributed by atoms with van der Waals surface area (Å²) in [4.78, 5) is 13.8. The third-order valence-electron chi connectivity index (χ3n) is 6.22. The molecule has 10 heteroatoms. The molecule has 182 valence electrons. The second-order valence-corrected chi connectivity index (χ2v) is 8.39. The van der Waals surface area contributed by atoms with Crippen LogP contribution in [0.4, 0.5) is 11.6 Å². The van der Waals surface area contributed by atoms with E-state index in [9.17, 15) is 0 Å². The number of allylic oxidation sites excluding steroid dienone is 1. The molecular weight excluding hydrogens is 436 g/mol. The van der Waals surface area contributed by atoms with Gasteiger partial charge in [-0.2, -0.15) is 9.97 Å². The molecule has 2 saturated heterocycles. The lowest BCUT2D eigenvalue weighted by molar-refractivity contribution is 0.0317. The van der Waals surface area contributed by atoms with E-state index in [1.807, 2.05) is 12.1 Å². The molecule has 0 saturated carbocycles. The SMILES string of the molecule is COc1ccc2c(c1)CC=C2NNc1cc(N2CCOCC2)nc(OCCN2CCOCC2)n1. The Morgan fingerprint density at radius 1 is 0.971 bits per heavy atom. The Kier molecular flexibility index (Phi) is 7.28. The lowest BCUT2D eigenvalue weighted by Crippen LogP contribution is -2.39. The van der Waals surface area contributed by atoms with Gasteiger partial charge in [0.05, 0.1) is 39.2 Å². The minimum absolute atomic E-state index is 0.368. The van der Waals surface area contributed by atoms with Gasteiger partial charge in [-0.15, -0.1) is 0 Å². The zero-order chi connectivity index (χ0) is 23.2. The fourth-order valence-electron chi connectivity index (χ4n) is 4.29. The molecule has 10 nitrogen and oxygen atoms in total. The van der Waals surface area contributed by atoms with Gasteiger partial charge in [0.1, 0.15) is 18.2 Å². The topological polar surface area (TPSA) is 93.2 Å². The van der Waals surface area contributed by atoms with Crippen molar-refractivity contribution in [1.29, 1.82) is 0 Å². The highest BCUT2D eigenvalue weighted by atomic mass is 16.5. The maximum Gasteiger partial charge on any atom is 0.320 e. The fourth-order valence-corrected chi connectivity index (χ4v) is 4.29. The van der Waals surface area contributed by atoms with Gasteiger partial charge in [0.2, 0.25) is 0 Å². The largest absolute Gasteiger partial charge is 0.497 e. The zero-order valence-electron chi connectivity index (χ0n) is 19.6. The van der Waals surface area contributed by atoms with Gasteiger partial charge in [0, 0.05) is 44.4 Å². The van der Waals surface area contributed by atoms with E-state index in [-0.39, 0.29) is 0 Å². The molecule has 1 aromatic carbocycles. The molecule has 1 aromatic heterocycles. The van der Waals surface area contributed by atoms with Crippen molar-refractivity contribution in [2.24, 2.45) is 0 Å². The first-order valence-electron chi connectivity index (χ1n) is 11.8. The second kappa shape index (κ2) is 10.9. The van der Waals surface area contributed by atoms with Crippen LogP contribution in [0, 0.1) is 0 Å². The third kappa shape index (κ3) is 5.52. The number of rotatable bonds is 9. The number of aromatic nitrogens is 2. The van der Waals surface area contributed by atoms with Gasteiger partial charge in [0.25, 0.3) is 0 Å². The lowest BCUT2D eigenvalue weighted by atomic mass is 10.1. The summed E-state index contributed by atoms with van der Waals surface area (Å²) < 4.78 is 22.2. The Morgan fingerprint density at radius 3 is 2.56 bits per heavy atom.